The van der Waals surface area contributed by atoms with E-state index in [0.29, 0.717) is 17.1 Å². The molecular formula is C25H24Cl3N3O3S. The second-order valence-corrected chi connectivity index (χ2v) is 10.2. The van der Waals surface area contributed by atoms with E-state index >= 15 is 0 Å². The lowest BCUT2D eigenvalue weighted by Gasteiger charge is -2.28. The van der Waals surface area contributed by atoms with Crippen molar-refractivity contribution in [2.75, 3.05) is 19.5 Å². The van der Waals surface area contributed by atoms with Crippen molar-refractivity contribution in [3.8, 4) is 22.6 Å². The third-order valence-corrected chi connectivity index (χ3v) is 5.88. The van der Waals surface area contributed by atoms with E-state index in [2.05, 4.69) is 16.0 Å². The van der Waals surface area contributed by atoms with Crippen molar-refractivity contribution >= 4 is 63.7 Å². The Kier molecular flexibility index (Phi) is 9.46. The van der Waals surface area contributed by atoms with Crippen LogP contribution in [0.25, 0.3) is 11.1 Å². The van der Waals surface area contributed by atoms with Gasteiger partial charge in [0.15, 0.2) is 5.11 Å². The van der Waals surface area contributed by atoms with Crippen LogP contribution in [0.1, 0.15) is 5.56 Å². The molecule has 0 heterocycles. The number of thiocarbonyl (C=S) groups is 1. The molecule has 184 valence electrons. The second-order valence-electron chi connectivity index (χ2n) is 7.44. The number of ether oxygens (including phenoxy) is 2. The van der Waals surface area contributed by atoms with Crippen molar-refractivity contribution in [1.82, 2.24) is 10.6 Å². The van der Waals surface area contributed by atoms with Gasteiger partial charge in [0.1, 0.15) is 17.7 Å². The molecule has 3 aromatic carbocycles. The van der Waals surface area contributed by atoms with Gasteiger partial charge in [0.2, 0.25) is 9.70 Å². The highest BCUT2D eigenvalue weighted by Crippen LogP contribution is 2.30. The Morgan fingerprint density at radius 1 is 0.914 bits per heavy atom. The molecule has 1 amide bonds. The second kappa shape index (κ2) is 12.3. The van der Waals surface area contributed by atoms with E-state index < -0.39 is 15.9 Å². The number of halogens is 3. The molecule has 0 aliphatic heterocycles. The molecule has 3 N–H and O–H groups in total. The summed E-state index contributed by atoms with van der Waals surface area (Å²) in [4.78, 5) is 12.7. The van der Waals surface area contributed by atoms with Crippen LogP contribution in [0.4, 0.5) is 5.69 Å². The number of anilines is 1. The molecule has 1 atom stereocenters. The zero-order chi connectivity index (χ0) is 25.4. The molecule has 3 aromatic rings. The van der Waals surface area contributed by atoms with Gasteiger partial charge < -0.3 is 25.4 Å². The lowest BCUT2D eigenvalue weighted by Crippen LogP contribution is -2.56. The van der Waals surface area contributed by atoms with Gasteiger partial charge >= 0.3 is 0 Å². The largest absolute Gasteiger partial charge is 0.497 e. The fourth-order valence-electron chi connectivity index (χ4n) is 3.26. The minimum absolute atomic E-state index is 0.00671. The summed E-state index contributed by atoms with van der Waals surface area (Å²) in [5, 5.41) is 8.74. The van der Waals surface area contributed by atoms with E-state index in [1.807, 2.05) is 54.6 Å². The monoisotopic (exact) mass is 551 g/mol. The van der Waals surface area contributed by atoms with Crippen LogP contribution < -0.4 is 25.4 Å². The number of methoxy groups -OCH3 is 2. The zero-order valence-corrected chi connectivity index (χ0v) is 22.1. The predicted octanol–water partition coefficient (Wildman–Crippen LogP) is 5.71. The van der Waals surface area contributed by atoms with Gasteiger partial charge in [-0.05, 0) is 41.5 Å². The van der Waals surface area contributed by atoms with Crippen LogP contribution in [-0.4, -0.2) is 35.2 Å². The quantitative estimate of drug-likeness (QED) is 0.189. The Morgan fingerprint density at radius 2 is 1.57 bits per heavy atom. The molecule has 0 aliphatic carbocycles. The molecule has 0 saturated carbocycles. The van der Waals surface area contributed by atoms with E-state index in [1.165, 1.54) is 7.11 Å². The van der Waals surface area contributed by atoms with Gasteiger partial charge in [0.05, 0.1) is 20.6 Å². The van der Waals surface area contributed by atoms with Gasteiger partial charge in [-0.15, -0.1) is 0 Å². The first kappa shape index (κ1) is 26.9. The third-order valence-electron chi connectivity index (χ3n) is 5.00. The highest BCUT2D eigenvalue weighted by atomic mass is 35.6. The molecule has 0 aromatic heterocycles. The lowest BCUT2D eigenvalue weighted by molar-refractivity contribution is -0.121. The number of carbonyl (C=O) groups is 1. The maximum atomic E-state index is 12.7. The van der Waals surface area contributed by atoms with Gasteiger partial charge in [-0.1, -0.05) is 83.3 Å². The van der Waals surface area contributed by atoms with Crippen LogP contribution in [0.15, 0.2) is 72.8 Å². The molecule has 3 rings (SSSR count). The van der Waals surface area contributed by atoms with E-state index in [1.54, 1.807) is 25.3 Å². The molecule has 1 unspecified atom stereocenters. The van der Waals surface area contributed by atoms with Crippen molar-refractivity contribution in [3.63, 3.8) is 0 Å². The zero-order valence-electron chi connectivity index (χ0n) is 19.0. The molecule has 0 bridgehead atoms. The summed E-state index contributed by atoms with van der Waals surface area (Å²) in [6.45, 7) is 0. The molecule has 0 spiro atoms. The van der Waals surface area contributed by atoms with Crippen molar-refractivity contribution in [3.05, 3.63) is 78.4 Å². The lowest BCUT2D eigenvalue weighted by atomic mass is 10.1. The standard InChI is InChI=1S/C25H24Cl3N3O3S/c1-33-20-13-10-18(21(15-20)34-2)14-22(32)30-23(25(26,27)28)31-24(35)29-19-11-8-17(9-12-19)16-6-4-3-5-7-16/h3-13,15,23H,14H2,1-2H3,(H,30,32)(H2,29,31,35). The highest BCUT2D eigenvalue weighted by Gasteiger charge is 2.34. The summed E-state index contributed by atoms with van der Waals surface area (Å²) in [7, 11) is 3.06. The van der Waals surface area contributed by atoms with Gasteiger partial charge in [-0.25, -0.2) is 0 Å². The molecule has 6 nitrogen and oxygen atoms in total. The van der Waals surface area contributed by atoms with E-state index in [0.717, 1.165) is 16.8 Å². The Bertz CT molecular complexity index is 1160. The molecule has 35 heavy (non-hydrogen) atoms. The fourth-order valence-corrected chi connectivity index (χ4v) is 3.82. The van der Waals surface area contributed by atoms with Crippen LogP contribution in [0.2, 0.25) is 0 Å². The van der Waals surface area contributed by atoms with Crippen LogP contribution >= 0.6 is 47.0 Å². The number of rotatable bonds is 8. The van der Waals surface area contributed by atoms with E-state index in [9.17, 15) is 4.79 Å². The maximum Gasteiger partial charge on any atom is 0.228 e. The Labute approximate surface area is 224 Å². The fraction of sp³-hybridized carbons (Fsp3) is 0.200. The van der Waals surface area contributed by atoms with Gasteiger partial charge in [0, 0.05) is 17.3 Å². The minimum atomic E-state index is -1.87. The van der Waals surface area contributed by atoms with Crippen LogP contribution in [0.5, 0.6) is 11.5 Å². The number of hydrogen-bond donors (Lipinski definition) is 3. The Balaban J connectivity index is 1.62. The van der Waals surface area contributed by atoms with Crippen molar-refractivity contribution in [2.45, 2.75) is 16.4 Å². The molecule has 0 fully saturated rings. The van der Waals surface area contributed by atoms with Gasteiger partial charge in [0.25, 0.3) is 0 Å². The molecule has 10 heteroatoms. The van der Waals surface area contributed by atoms with E-state index in [4.69, 9.17) is 56.5 Å². The molecule has 0 aliphatic rings. The maximum absolute atomic E-state index is 12.7. The van der Waals surface area contributed by atoms with Crippen molar-refractivity contribution < 1.29 is 14.3 Å². The third kappa shape index (κ3) is 7.90. The normalized spacial score (nSPS) is 11.8. The smallest absolute Gasteiger partial charge is 0.228 e. The Hall–Kier alpha value is -2.71. The van der Waals surface area contributed by atoms with Crippen LogP contribution in [0.3, 0.4) is 0 Å². The summed E-state index contributed by atoms with van der Waals surface area (Å²) in [5.74, 6) is 0.724. The highest BCUT2D eigenvalue weighted by molar-refractivity contribution is 7.80. The van der Waals surface area contributed by atoms with Gasteiger partial charge in [-0.3, -0.25) is 4.79 Å². The first-order chi connectivity index (χ1) is 16.7. The van der Waals surface area contributed by atoms with Crippen molar-refractivity contribution in [1.29, 1.82) is 0 Å². The predicted molar refractivity (Wildman–Crippen MR) is 147 cm³/mol. The molecular weight excluding hydrogens is 529 g/mol. The summed E-state index contributed by atoms with van der Waals surface area (Å²) in [5.41, 5.74) is 3.55. The van der Waals surface area contributed by atoms with Crippen molar-refractivity contribution in [2.24, 2.45) is 0 Å². The number of carbonyl (C=O) groups excluding carboxylic acids is 1. The number of benzene rings is 3. The number of hydrogen-bond acceptors (Lipinski definition) is 4. The molecule has 0 radical (unpaired) electrons. The topological polar surface area (TPSA) is 71.6 Å². The SMILES string of the molecule is COc1ccc(CC(=O)NC(NC(=S)Nc2ccc(-c3ccccc3)cc2)C(Cl)(Cl)Cl)c(OC)c1. The Morgan fingerprint density at radius 3 is 2.17 bits per heavy atom. The summed E-state index contributed by atoms with van der Waals surface area (Å²) in [6, 6.07) is 22.9. The first-order valence-corrected chi connectivity index (χ1v) is 12.0. The van der Waals surface area contributed by atoms with Gasteiger partial charge in [-0.2, -0.15) is 0 Å². The average Bonchev–Trinajstić information content (AvgIpc) is 2.84. The summed E-state index contributed by atoms with van der Waals surface area (Å²) in [6.07, 6.45) is -1.10. The summed E-state index contributed by atoms with van der Waals surface area (Å²) < 4.78 is 8.65. The minimum Gasteiger partial charge on any atom is -0.497 e. The summed E-state index contributed by atoms with van der Waals surface area (Å²) >= 11 is 23.7. The van der Waals surface area contributed by atoms with Crippen LogP contribution in [-0.2, 0) is 11.2 Å². The number of alkyl halides is 3. The van der Waals surface area contributed by atoms with Crippen LogP contribution in [0, 0.1) is 0 Å². The number of amides is 1. The first-order valence-electron chi connectivity index (χ1n) is 10.5. The number of nitrogens with one attached hydrogen (secondary N) is 3. The average molecular weight is 553 g/mol. The molecule has 0 saturated heterocycles. The van der Waals surface area contributed by atoms with E-state index in [-0.39, 0.29) is 11.5 Å².